The van der Waals surface area contributed by atoms with Gasteiger partial charge in [-0.3, -0.25) is 0 Å². The summed E-state index contributed by atoms with van der Waals surface area (Å²) in [5, 5.41) is 4.80. The van der Waals surface area contributed by atoms with Crippen LogP contribution in [0.2, 0.25) is 0 Å². The number of aromatic nitrogens is 3. The van der Waals surface area contributed by atoms with Crippen LogP contribution in [-0.4, -0.2) is 27.7 Å². The van der Waals surface area contributed by atoms with E-state index in [0.717, 1.165) is 24.1 Å². The lowest BCUT2D eigenvalue weighted by molar-refractivity contribution is 0.493. The molecule has 1 aliphatic rings. The molecule has 4 nitrogen and oxygen atoms in total. The summed E-state index contributed by atoms with van der Waals surface area (Å²) in [5.74, 6) is 0. The van der Waals surface area contributed by atoms with Gasteiger partial charge in [-0.25, -0.2) is 14.6 Å². The van der Waals surface area contributed by atoms with Gasteiger partial charge in [0, 0.05) is 30.1 Å². The Balaban J connectivity index is 2.04. The molecule has 19 heavy (non-hydrogen) atoms. The third-order valence-electron chi connectivity index (χ3n) is 3.93. The molecule has 0 aliphatic carbocycles. The van der Waals surface area contributed by atoms with E-state index in [1.807, 2.05) is 6.20 Å². The fourth-order valence-corrected chi connectivity index (χ4v) is 3.05. The smallest absolute Gasteiger partial charge is 0.163 e. The van der Waals surface area contributed by atoms with Crippen LogP contribution in [0.25, 0.3) is 21.9 Å². The van der Waals surface area contributed by atoms with Gasteiger partial charge in [0.25, 0.3) is 0 Å². The predicted molar refractivity (Wildman–Crippen MR) is 76.8 cm³/mol. The lowest BCUT2D eigenvalue weighted by Crippen LogP contribution is -2.39. The van der Waals surface area contributed by atoms with Gasteiger partial charge in [-0.2, -0.15) is 0 Å². The minimum atomic E-state index is 1.03. The molecule has 3 aromatic rings. The van der Waals surface area contributed by atoms with E-state index in [1.165, 1.54) is 30.2 Å². The Kier molecular flexibility index (Phi) is 2.40. The van der Waals surface area contributed by atoms with E-state index < -0.39 is 0 Å². The highest BCUT2D eigenvalue weighted by atomic mass is 15.6. The number of fused-ring (bicyclic) bond motifs is 3. The second-order valence-electron chi connectivity index (χ2n) is 5.10. The van der Waals surface area contributed by atoms with Gasteiger partial charge < -0.3 is 5.01 Å². The van der Waals surface area contributed by atoms with Gasteiger partial charge in [-0.05, 0) is 25.3 Å². The van der Waals surface area contributed by atoms with Gasteiger partial charge in [0.05, 0.1) is 5.52 Å². The van der Waals surface area contributed by atoms with E-state index >= 15 is 0 Å². The molecule has 0 saturated carbocycles. The van der Waals surface area contributed by atoms with Crippen LogP contribution >= 0.6 is 0 Å². The maximum absolute atomic E-state index is 4.50. The summed E-state index contributed by atoms with van der Waals surface area (Å²) in [5.41, 5.74) is 2.26. The minimum Gasteiger partial charge on any atom is -0.311 e. The first kappa shape index (κ1) is 10.8. The maximum Gasteiger partial charge on any atom is 0.163 e. The van der Waals surface area contributed by atoms with Crippen LogP contribution < -0.4 is 5.01 Å². The second-order valence-corrected chi connectivity index (χ2v) is 5.10. The predicted octanol–water partition coefficient (Wildman–Crippen LogP) is 2.71. The molecule has 96 valence electrons. The highest BCUT2D eigenvalue weighted by Gasteiger charge is 2.18. The zero-order valence-corrected chi connectivity index (χ0v) is 10.8. The zero-order chi connectivity index (χ0) is 12.7. The van der Waals surface area contributed by atoms with Crippen molar-refractivity contribution in [3.8, 4) is 0 Å². The number of para-hydroxylation sites is 1. The van der Waals surface area contributed by atoms with Gasteiger partial charge in [0.15, 0.2) is 5.65 Å². The third-order valence-corrected chi connectivity index (χ3v) is 3.93. The lowest BCUT2D eigenvalue weighted by Gasteiger charge is -2.30. The molecule has 1 aromatic carbocycles. The van der Waals surface area contributed by atoms with Gasteiger partial charge in [0.1, 0.15) is 6.33 Å². The molecule has 0 radical (unpaired) electrons. The fraction of sp³-hybridized carbons (Fsp3) is 0.333. The number of hydrogen-bond donors (Lipinski definition) is 0. The molecular weight excluding hydrogens is 236 g/mol. The van der Waals surface area contributed by atoms with Crippen molar-refractivity contribution >= 4 is 21.9 Å². The normalized spacial score (nSPS) is 16.3. The van der Waals surface area contributed by atoms with E-state index in [9.17, 15) is 0 Å². The summed E-state index contributed by atoms with van der Waals surface area (Å²) in [6.45, 7) is 2.22. The van der Waals surface area contributed by atoms with Crippen LogP contribution in [0, 0.1) is 0 Å². The average molecular weight is 252 g/mol. The monoisotopic (exact) mass is 252 g/mol. The summed E-state index contributed by atoms with van der Waals surface area (Å²) in [6.07, 6.45) is 7.42. The van der Waals surface area contributed by atoms with Crippen molar-refractivity contribution < 1.29 is 0 Å². The first-order chi connectivity index (χ1) is 9.45. The van der Waals surface area contributed by atoms with Gasteiger partial charge in [0.2, 0.25) is 0 Å². The van der Waals surface area contributed by atoms with Crippen molar-refractivity contribution in [2.75, 3.05) is 18.1 Å². The number of benzene rings is 1. The molecule has 0 spiro atoms. The number of nitrogens with zero attached hydrogens (tertiary/aromatic N) is 4. The standard InChI is InChI=1S/C15H16N4/c1-4-8-18(9-5-1)19-14-7-3-2-6-12(14)13-10-16-11-17-15(13)19/h2-3,6-7,10-11H,1,4-5,8-9H2. The van der Waals surface area contributed by atoms with Crippen molar-refractivity contribution in [1.29, 1.82) is 0 Å². The molecule has 2 aromatic heterocycles. The van der Waals surface area contributed by atoms with Crippen LogP contribution in [0.3, 0.4) is 0 Å². The molecule has 0 amide bonds. The van der Waals surface area contributed by atoms with Crippen molar-refractivity contribution in [2.45, 2.75) is 19.3 Å². The highest BCUT2D eigenvalue weighted by Crippen LogP contribution is 2.27. The van der Waals surface area contributed by atoms with Crippen molar-refractivity contribution in [2.24, 2.45) is 0 Å². The van der Waals surface area contributed by atoms with Crippen LogP contribution in [0.5, 0.6) is 0 Å². The second kappa shape index (κ2) is 4.23. The number of rotatable bonds is 1. The van der Waals surface area contributed by atoms with Crippen molar-refractivity contribution in [3.05, 3.63) is 36.8 Å². The summed E-state index contributed by atoms with van der Waals surface area (Å²) < 4.78 is 2.28. The van der Waals surface area contributed by atoms with Crippen LogP contribution in [0.1, 0.15) is 19.3 Å². The Morgan fingerprint density at radius 3 is 2.68 bits per heavy atom. The first-order valence-corrected chi connectivity index (χ1v) is 6.89. The van der Waals surface area contributed by atoms with E-state index in [2.05, 4.69) is 43.9 Å². The van der Waals surface area contributed by atoms with E-state index in [4.69, 9.17) is 0 Å². The Morgan fingerprint density at radius 2 is 1.79 bits per heavy atom. The number of hydrogen-bond acceptors (Lipinski definition) is 3. The Bertz CT molecular complexity index is 672. The molecule has 4 heteroatoms. The lowest BCUT2D eigenvalue weighted by atomic mass is 10.2. The van der Waals surface area contributed by atoms with Crippen molar-refractivity contribution in [1.82, 2.24) is 14.6 Å². The molecule has 0 N–H and O–H groups in total. The van der Waals surface area contributed by atoms with Gasteiger partial charge >= 0.3 is 0 Å². The van der Waals surface area contributed by atoms with E-state index in [0.29, 0.717) is 0 Å². The summed E-state index contributed by atoms with van der Waals surface area (Å²) >= 11 is 0. The Morgan fingerprint density at radius 1 is 0.947 bits per heavy atom. The molecule has 1 aliphatic heterocycles. The highest BCUT2D eigenvalue weighted by molar-refractivity contribution is 6.06. The van der Waals surface area contributed by atoms with Gasteiger partial charge in [-0.1, -0.05) is 18.2 Å². The molecule has 0 bridgehead atoms. The summed E-state index contributed by atoms with van der Waals surface area (Å²) in [4.78, 5) is 8.68. The molecular formula is C15H16N4. The molecule has 4 rings (SSSR count). The zero-order valence-electron chi connectivity index (χ0n) is 10.8. The Hall–Kier alpha value is -2.10. The van der Waals surface area contributed by atoms with Crippen molar-refractivity contribution in [3.63, 3.8) is 0 Å². The molecule has 1 saturated heterocycles. The fourth-order valence-electron chi connectivity index (χ4n) is 3.05. The van der Waals surface area contributed by atoms with Crippen LogP contribution in [0.4, 0.5) is 0 Å². The van der Waals surface area contributed by atoms with E-state index in [-0.39, 0.29) is 0 Å². The summed E-state index contributed by atoms with van der Waals surface area (Å²) in [7, 11) is 0. The topological polar surface area (TPSA) is 34.0 Å². The van der Waals surface area contributed by atoms with Crippen LogP contribution in [-0.2, 0) is 0 Å². The maximum atomic E-state index is 4.50. The summed E-state index contributed by atoms with van der Waals surface area (Å²) in [6, 6.07) is 8.50. The quantitative estimate of drug-likeness (QED) is 0.667. The largest absolute Gasteiger partial charge is 0.311 e. The number of piperidine rings is 1. The Labute approximate surface area is 111 Å². The SMILES string of the molecule is c1ccc2c(c1)c1cncnc1n2N1CCCCC1. The molecule has 0 unspecified atom stereocenters. The van der Waals surface area contributed by atoms with E-state index in [1.54, 1.807) is 6.33 Å². The third kappa shape index (κ3) is 1.59. The molecule has 1 fully saturated rings. The van der Waals surface area contributed by atoms with Crippen LogP contribution in [0.15, 0.2) is 36.8 Å². The first-order valence-electron chi connectivity index (χ1n) is 6.89. The average Bonchev–Trinajstić information content (AvgIpc) is 2.83. The molecule has 0 atom stereocenters. The minimum absolute atomic E-state index is 1.03. The molecule has 3 heterocycles. The van der Waals surface area contributed by atoms with Gasteiger partial charge in [-0.15, -0.1) is 0 Å².